The summed E-state index contributed by atoms with van der Waals surface area (Å²) in [4.78, 5) is 6.90. The highest BCUT2D eigenvalue weighted by atomic mass is 16.3. The lowest BCUT2D eigenvalue weighted by atomic mass is 9.88. The maximum Gasteiger partial charge on any atom is 0.109 e. The largest absolute Gasteiger partial charge is 0.393 e. The predicted molar refractivity (Wildman–Crippen MR) is 96.8 cm³/mol. The van der Waals surface area contributed by atoms with Crippen LogP contribution in [0.5, 0.6) is 0 Å². The minimum Gasteiger partial charge on any atom is -0.393 e. The van der Waals surface area contributed by atoms with Gasteiger partial charge in [0.1, 0.15) is 5.82 Å². The molecule has 0 amide bonds. The van der Waals surface area contributed by atoms with Gasteiger partial charge in [-0.1, -0.05) is 30.3 Å². The van der Waals surface area contributed by atoms with E-state index in [1.165, 1.54) is 5.56 Å². The van der Waals surface area contributed by atoms with E-state index in [2.05, 4.69) is 45.8 Å². The van der Waals surface area contributed by atoms with Gasteiger partial charge < -0.3 is 14.6 Å². The van der Waals surface area contributed by atoms with Crippen LogP contribution in [0.4, 0.5) is 0 Å². The quantitative estimate of drug-likeness (QED) is 0.850. The summed E-state index contributed by atoms with van der Waals surface area (Å²) in [6.07, 6.45) is 8.78. The number of benzene rings is 1. The van der Waals surface area contributed by atoms with Gasteiger partial charge in [-0.3, -0.25) is 0 Å². The van der Waals surface area contributed by atoms with Crippen LogP contribution in [-0.2, 0) is 19.9 Å². The highest BCUT2D eigenvalue weighted by molar-refractivity contribution is 5.14. The van der Waals surface area contributed by atoms with E-state index >= 15 is 0 Å². The number of nitrogens with zero attached hydrogens (tertiary/aromatic N) is 3. The summed E-state index contributed by atoms with van der Waals surface area (Å²) in [6, 6.07) is 10.5. The number of aromatic nitrogens is 2. The summed E-state index contributed by atoms with van der Waals surface area (Å²) < 4.78 is 2.10. The molecule has 1 N–H and O–H groups in total. The van der Waals surface area contributed by atoms with Crippen LogP contribution in [0, 0.1) is 5.92 Å². The molecule has 1 aromatic carbocycles. The molecule has 0 bridgehead atoms. The average molecular weight is 327 g/mol. The lowest BCUT2D eigenvalue weighted by molar-refractivity contribution is 0.0540. The number of hydrogen-bond acceptors (Lipinski definition) is 3. The van der Waals surface area contributed by atoms with E-state index in [1.807, 2.05) is 18.5 Å². The van der Waals surface area contributed by atoms with E-state index in [0.717, 1.165) is 57.6 Å². The molecular formula is C20H29N3O. The topological polar surface area (TPSA) is 41.3 Å². The van der Waals surface area contributed by atoms with Crippen molar-refractivity contribution in [2.24, 2.45) is 13.0 Å². The zero-order valence-corrected chi connectivity index (χ0v) is 14.6. The first-order valence-electron chi connectivity index (χ1n) is 9.13. The lowest BCUT2D eigenvalue weighted by Gasteiger charge is -2.34. The van der Waals surface area contributed by atoms with Crippen molar-refractivity contribution >= 4 is 0 Å². The van der Waals surface area contributed by atoms with Crippen LogP contribution in [-0.4, -0.2) is 45.3 Å². The molecule has 4 nitrogen and oxygen atoms in total. The van der Waals surface area contributed by atoms with E-state index in [4.69, 9.17) is 0 Å². The summed E-state index contributed by atoms with van der Waals surface area (Å²) in [7, 11) is 2.05. The first-order chi connectivity index (χ1) is 11.7. The Morgan fingerprint density at radius 2 is 1.92 bits per heavy atom. The van der Waals surface area contributed by atoms with E-state index in [-0.39, 0.29) is 6.10 Å². The molecule has 2 aromatic rings. The van der Waals surface area contributed by atoms with Gasteiger partial charge in [0.25, 0.3) is 0 Å². The highest BCUT2D eigenvalue weighted by Gasteiger charge is 2.24. The Morgan fingerprint density at radius 3 is 2.58 bits per heavy atom. The fourth-order valence-electron chi connectivity index (χ4n) is 3.65. The van der Waals surface area contributed by atoms with Crippen LogP contribution in [0.2, 0.25) is 0 Å². The highest BCUT2D eigenvalue weighted by Crippen LogP contribution is 2.23. The number of likely N-dealkylation sites (tertiary alicyclic amines) is 1. The maximum absolute atomic E-state index is 10.5. The first-order valence-corrected chi connectivity index (χ1v) is 9.13. The molecule has 1 aliphatic heterocycles. The molecule has 0 radical (unpaired) electrons. The molecule has 1 atom stereocenters. The number of piperidine rings is 1. The average Bonchev–Trinajstić information content (AvgIpc) is 3.04. The Hall–Kier alpha value is -1.65. The molecule has 2 heterocycles. The van der Waals surface area contributed by atoms with Crippen molar-refractivity contribution in [3.8, 4) is 0 Å². The number of aliphatic hydroxyl groups is 1. The monoisotopic (exact) mass is 327 g/mol. The second-order valence-corrected chi connectivity index (χ2v) is 6.98. The van der Waals surface area contributed by atoms with Gasteiger partial charge in [0.05, 0.1) is 6.10 Å². The summed E-state index contributed by atoms with van der Waals surface area (Å²) in [5, 5.41) is 10.5. The van der Waals surface area contributed by atoms with Crippen LogP contribution >= 0.6 is 0 Å². The zero-order valence-electron chi connectivity index (χ0n) is 14.6. The van der Waals surface area contributed by atoms with Crippen molar-refractivity contribution in [3.05, 3.63) is 54.1 Å². The summed E-state index contributed by atoms with van der Waals surface area (Å²) in [5.41, 5.74) is 1.32. The van der Waals surface area contributed by atoms with Crippen LogP contribution in [0.3, 0.4) is 0 Å². The molecule has 1 aromatic heterocycles. The fourth-order valence-corrected chi connectivity index (χ4v) is 3.65. The number of rotatable bonds is 7. The number of hydrogen-bond donors (Lipinski definition) is 1. The van der Waals surface area contributed by atoms with Gasteiger partial charge in [-0.25, -0.2) is 4.98 Å². The molecule has 0 saturated carbocycles. The minimum absolute atomic E-state index is 0.165. The third-order valence-electron chi connectivity index (χ3n) is 5.32. The molecule has 0 unspecified atom stereocenters. The van der Waals surface area contributed by atoms with E-state index in [1.54, 1.807) is 0 Å². The standard InChI is InChI=1S/C20H29N3O/c1-22-16-12-21-20(22)11-15-23-13-9-18(10-14-23)19(24)8-7-17-5-3-2-4-6-17/h2-6,12,16,18-19,24H,7-11,13-15H2,1H3/t19-/m0/s1. The number of imidazole rings is 1. The Balaban J connectivity index is 1.37. The first kappa shape index (κ1) is 17.2. The van der Waals surface area contributed by atoms with Crippen LogP contribution in [0.1, 0.15) is 30.7 Å². The Morgan fingerprint density at radius 1 is 1.17 bits per heavy atom. The van der Waals surface area contributed by atoms with Crippen LogP contribution in [0.15, 0.2) is 42.7 Å². The third-order valence-corrected chi connectivity index (χ3v) is 5.32. The van der Waals surface area contributed by atoms with E-state index in [9.17, 15) is 5.11 Å². The van der Waals surface area contributed by atoms with Crippen LogP contribution < -0.4 is 0 Å². The predicted octanol–water partition coefficient (Wildman–Crippen LogP) is 2.67. The van der Waals surface area contributed by atoms with Crippen molar-refractivity contribution in [1.82, 2.24) is 14.5 Å². The van der Waals surface area contributed by atoms with Crippen molar-refractivity contribution in [3.63, 3.8) is 0 Å². The van der Waals surface area contributed by atoms with Crippen LogP contribution in [0.25, 0.3) is 0 Å². The van der Waals surface area contributed by atoms with Gasteiger partial charge in [0.2, 0.25) is 0 Å². The van der Waals surface area contributed by atoms with Gasteiger partial charge in [-0.15, -0.1) is 0 Å². The normalized spacial score (nSPS) is 17.9. The minimum atomic E-state index is -0.165. The van der Waals surface area contributed by atoms with E-state index < -0.39 is 0 Å². The summed E-state index contributed by atoms with van der Waals surface area (Å²) in [5.74, 6) is 1.61. The molecule has 0 spiro atoms. The lowest BCUT2D eigenvalue weighted by Crippen LogP contribution is -2.39. The van der Waals surface area contributed by atoms with Gasteiger partial charge in [-0.2, -0.15) is 0 Å². The Bertz CT molecular complexity index is 602. The Kier molecular flexibility index (Phi) is 6.05. The van der Waals surface area contributed by atoms with Gasteiger partial charge in [0, 0.05) is 32.4 Å². The Labute approximate surface area is 145 Å². The second-order valence-electron chi connectivity index (χ2n) is 6.98. The second kappa shape index (κ2) is 8.45. The molecule has 4 heteroatoms. The van der Waals surface area contributed by atoms with Gasteiger partial charge >= 0.3 is 0 Å². The fraction of sp³-hybridized carbons (Fsp3) is 0.550. The molecule has 0 aliphatic carbocycles. The number of aliphatic hydroxyl groups excluding tert-OH is 1. The molecule has 24 heavy (non-hydrogen) atoms. The molecule has 3 rings (SSSR count). The SMILES string of the molecule is Cn1ccnc1CCN1CCC([C@@H](O)CCc2ccccc2)CC1. The van der Waals surface area contributed by atoms with Crippen molar-refractivity contribution < 1.29 is 5.11 Å². The van der Waals surface area contributed by atoms with Crippen molar-refractivity contribution in [2.75, 3.05) is 19.6 Å². The molecule has 1 fully saturated rings. The molecule has 130 valence electrons. The van der Waals surface area contributed by atoms with Gasteiger partial charge in [0.15, 0.2) is 0 Å². The smallest absolute Gasteiger partial charge is 0.109 e. The third kappa shape index (κ3) is 4.68. The van der Waals surface area contributed by atoms with Crippen molar-refractivity contribution in [1.29, 1.82) is 0 Å². The molecule has 1 aliphatic rings. The number of aryl methyl sites for hydroxylation is 2. The molecule has 1 saturated heterocycles. The summed E-state index contributed by atoms with van der Waals surface area (Å²) in [6.45, 7) is 3.26. The van der Waals surface area contributed by atoms with Gasteiger partial charge in [-0.05, 0) is 50.3 Å². The summed E-state index contributed by atoms with van der Waals surface area (Å²) >= 11 is 0. The van der Waals surface area contributed by atoms with E-state index in [0.29, 0.717) is 5.92 Å². The van der Waals surface area contributed by atoms with Crippen molar-refractivity contribution in [2.45, 2.75) is 38.2 Å². The zero-order chi connectivity index (χ0) is 16.8. The molecular weight excluding hydrogens is 298 g/mol. The maximum atomic E-state index is 10.5.